The van der Waals surface area contributed by atoms with Crippen LogP contribution >= 0.6 is 12.6 Å². The van der Waals surface area contributed by atoms with E-state index in [0.29, 0.717) is 0 Å². The molecule has 0 heterocycles. The highest BCUT2D eigenvalue weighted by Gasteiger charge is 2.31. The molecule has 0 bridgehead atoms. The number of carbonyl (C=O) groups excluding carboxylic acids is 1. The van der Waals surface area contributed by atoms with Crippen molar-refractivity contribution in [2.75, 3.05) is 13.6 Å². The molecule has 0 aliphatic carbocycles. The van der Waals surface area contributed by atoms with Gasteiger partial charge in [0.2, 0.25) is 0 Å². The second kappa shape index (κ2) is 6.75. The zero-order valence-corrected chi connectivity index (χ0v) is 13.0. The molecule has 0 rings (SSSR count). The maximum atomic E-state index is 11.5. The van der Waals surface area contributed by atoms with Crippen LogP contribution in [0.2, 0.25) is 0 Å². The highest BCUT2D eigenvalue weighted by Crippen LogP contribution is 2.19. The highest BCUT2D eigenvalue weighted by atomic mass is 32.1. The molecule has 0 radical (unpaired) electrons. The van der Waals surface area contributed by atoms with Gasteiger partial charge in [0.25, 0.3) is 0 Å². The monoisotopic (exact) mass is 278 g/mol. The molecule has 0 spiro atoms. The van der Waals surface area contributed by atoms with Crippen molar-refractivity contribution in [3.05, 3.63) is 0 Å². The fourth-order valence-electron chi connectivity index (χ4n) is 1.58. The molecular weight excluding hydrogens is 252 g/mol. The summed E-state index contributed by atoms with van der Waals surface area (Å²) in [5, 5.41) is 15.7. The molecular formula is C12H26N2O3S. The molecule has 0 aromatic heterocycles. The van der Waals surface area contributed by atoms with Crippen LogP contribution in [0.25, 0.3) is 0 Å². The zero-order valence-electron chi connectivity index (χ0n) is 12.1. The normalized spacial score (nSPS) is 16.2. The van der Waals surface area contributed by atoms with E-state index in [4.69, 9.17) is 4.74 Å². The Morgan fingerprint density at radius 1 is 1.33 bits per heavy atom. The van der Waals surface area contributed by atoms with Crippen LogP contribution in [0.3, 0.4) is 0 Å². The van der Waals surface area contributed by atoms with Crippen molar-refractivity contribution < 1.29 is 14.6 Å². The number of esters is 1. The molecule has 0 saturated carbocycles. The number of ether oxygens (including phenoxy) is 1. The summed E-state index contributed by atoms with van der Waals surface area (Å²) in [6, 6.07) is -0.289. The number of carbonyl (C=O) groups is 1. The van der Waals surface area contributed by atoms with E-state index in [9.17, 15) is 9.90 Å². The molecule has 1 unspecified atom stereocenters. The average molecular weight is 278 g/mol. The maximum absolute atomic E-state index is 11.5. The number of hydrogen-bond acceptors (Lipinski definition) is 6. The number of rotatable bonds is 6. The SMILES string of the molecule is CN[C@H](C(O)NCC(=O)OC(C)(C)C)C(C)(C)S. The van der Waals surface area contributed by atoms with E-state index in [1.165, 1.54) is 0 Å². The summed E-state index contributed by atoms with van der Waals surface area (Å²) in [7, 11) is 1.74. The van der Waals surface area contributed by atoms with E-state index in [1.54, 1.807) is 27.8 Å². The Morgan fingerprint density at radius 2 is 1.83 bits per heavy atom. The number of aliphatic hydroxyl groups excluding tert-OH is 1. The van der Waals surface area contributed by atoms with Crippen LogP contribution in [0.15, 0.2) is 0 Å². The minimum atomic E-state index is -0.880. The Labute approximate surface area is 115 Å². The number of aliphatic hydroxyl groups is 1. The third kappa shape index (κ3) is 7.20. The van der Waals surface area contributed by atoms with Gasteiger partial charge in [-0.25, -0.2) is 0 Å². The lowest BCUT2D eigenvalue weighted by molar-refractivity contribution is -0.154. The quantitative estimate of drug-likeness (QED) is 0.324. The molecule has 0 amide bonds. The minimum Gasteiger partial charge on any atom is -0.459 e. The number of likely N-dealkylation sites (N-methyl/N-ethyl adjacent to an activating group) is 1. The Hall–Kier alpha value is -0.300. The van der Waals surface area contributed by atoms with Gasteiger partial charge in [0.1, 0.15) is 11.8 Å². The van der Waals surface area contributed by atoms with Crippen molar-refractivity contribution in [1.82, 2.24) is 10.6 Å². The fourth-order valence-corrected chi connectivity index (χ4v) is 1.85. The molecule has 108 valence electrons. The van der Waals surface area contributed by atoms with Crippen LogP contribution in [0, 0.1) is 0 Å². The Kier molecular flexibility index (Phi) is 6.63. The van der Waals surface area contributed by atoms with Crippen LogP contribution < -0.4 is 10.6 Å². The van der Waals surface area contributed by atoms with Gasteiger partial charge in [-0.15, -0.1) is 0 Å². The van der Waals surface area contributed by atoms with E-state index in [1.807, 2.05) is 13.8 Å². The summed E-state index contributed by atoms with van der Waals surface area (Å²) in [4.78, 5) is 11.5. The van der Waals surface area contributed by atoms with Crippen LogP contribution in [-0.4, -0.2) is 47.3 Å². The van der Waals surface area contributed by atoms with Gasteiger partial charge >= 0.3 is 5.97 Å². The first-order chi connectivity index (χ1) is 7.97. The van der Waals surface area contributed by atoms with Crippen molar-refractivity contribution in [2.24, 2.45) is 0 Å². The Morgan fingerprint density at radius 3 is 2.17 bits per heavy atom. The Balaban J connectivity index is 4.25. The second-order valence-corrected chi connectivity index (χ2v) is 6.98. The van der Waals surface area contributed by atoms with Crippen molar-refractivity contribution in [3.8, 4) is 0 Å². The van der Waals surface area contributed by atoms with Gasteiger partial charge in [-0.1, -0.05) is 0 Å². The number of hydrogen-bond donors (Lipinski definition) is 4. The lowest BCUT2D eigenvalue weighted by Gasteiger charge is -2.33. The summed E-state index contributed by atoms with van der Waals surface area (Å²) in [5.74, 6) is -0.395. The van der Waals surface area contributed by atoms with E-state index in [0.717, 1.165) is 0 Å². The van der Waals surface area contributed by atoms with Crippen LogP contribution in [0.1, 0.15) is 34.6 Å². The summed E-state index contributed by atoms with van der Waals surface area (Å²) in [5.41, 5.74) is -0.519. The predicted octanol–water partition coefficient (Wildman–Crippen LogP) is 0.532. The second-order valence-electron chi connectivity index (χ2n) is 5.83. The lowest BCUT2D eigenvalue weighted by Crippen LogP contribution is -2.56. The third-order valence-corrected chi connectivity index (χ3v) is 2.54. The van der Waals surface area contributed by atoms with Gasteiger partial charge in [-0.3, -0.25) is 10.1 Å². The lowest BCUT2D eigenvalue weighted by atomic mass is 10.0. The van der Waals surface area contributed by atoms with E-state index >= 15 is 0 Å². The zero-order chi connectivity index (χ0) is 14.6. The van der Waals surface area contributed by atoms with Crippen molar-refractivity contribution in [3.63, 3.8) is 0 Å². The van der Waals surface area contributed by atoms with Crippen LogP contribution in [0.5, 0.6) is 0 Å². The van der Waals surface area contributed by atoms with Crippen LogP contribution in [0.4, 0.5) is 0 Å². The summed E-state index contributed by atoms with van der Waals surface area (Å²) < 4.78 is 4.71. The molecule has 5 nitrogen and oxygen atoms in total. The molecule has 2 atom stereocenters. The first kappa shape index (κ1) is 17.7. The number of nitrogens with one attached hydrogen (secondary N) is 2. The largest absolute Gasteiger partial charge is 0.459 e. The predicted molar refractivity (Wildman–Crippen MR) is 75.8 cm³/mol. The Bertz CT molecular complexity index is 271. The highest BCUT2D eigenvalue weighted by molar-refractivity contribution is 7.81. The van der Waals surface area contributed by atoms with Gasteiger partial charge in [-0.2, -0.15) is 12.6 Å². The first-order valence-corrected chi connectivity index (χ1v) is 6.45. The number of thiol groups is 1. The molecule has 0 aromatic rings. The molecule has 0 aromatic carbocycles. The molecule has 3 N–H and O–H groups in total. The molecule has 0 saturated heterocycles. The molecule has 0 aliphatic heterocycles. The molecule has 0 fully saturated rings. The molecule has 0 aliphatic rings. The van der Waals surface area contributed by atoms with E-state index < -0.39 is 22.5 Å². The smallest absolute Gasteiger partial charge is 0.320 e. The summed E-state index contributed by atoms with van der Waals surface area (Å²) in [6.45, 7) is 9.13. The van der Waals surface area contributed by atoms with Crippen molar-refractivity contribution in [1.29, 1.82) is 0 Å². The van der Waals surface area contributed by atoms with E-state index in [2.05, 4.69) is 23.3 Å². The molecule has 6 heteroatoms. The van der Waals surface area contributed by atoms with Crippen molar-refractivity contribution in [2.45, 2.75) is 57.2 Å². The topological polar surface area (TPSA) is 70.6 Å². The van der Waals surface area contributed by atoms with Gasteiger partial charge < -0.3 is 15.2 Å². The third-order valence-electron chi connectivity index (χ3n) is 2.26. The maximum Gasteiger partial charge on any atom is 0.320 e. The fraction of sp³-hybridized carbons (Fsp3) is 0.917. The van der Waals surface area contributed by atoms with Crippen molar-refractivity contribution >= 4 is 18.6 Å². The average Bonchev–Trinajstić information content (AvgIpc) is 2.10. The standard InChI is InChI=1S/C12H26N2O3S/c1-11(2,3)17-8(15)7-14-10(16)9(13-6)12(4,5)18/h9-10,13-14,16,18H,7H2,1-6H3/t9-,10?/m1/s1. The van der Waals surface area contributed by atoms with E-state index in [-0.39, 0.29) is 12.6 Å². The minimum absolute atomic E-state index is 0.0412. The summed E-state index contributed by atoms with van der Waals surface area (Å²) in [6.07, 6.45) is -0.880. The first-order valence-electron chi connectivity index (χ1n) is 6.00. The van der Waals surface area contributed by atoms with Gasteiger partial charge in [0, 0.05) is 4.75 Å². The molecule has 18 heavy (non-hydrogen) atoms. The van der Waals surface area contributed by atoms with Gasteiger partial charge in [0.05, 0.1) is 12.6 Å². The van der Waals surface area contributed by atoms with Gasteiger partial charge in [0.15, 0.2) is 0 Å². The van der Waals surface area contributed by atoms with Crippen LogP contribution in [-0.2, 0) is 9.53 Å². The summed E-state index contributed by atoms with van der Waals surface area (Å²) >= 11 is 4.40. The van der Waals surface area contributed by atoms with Gasteiger partial charge in [-0.05, 0) is 41.7 Å².